The summed E-state index contributed by atoms with van der Waals surface area (Å²) in [7, 11) is 0. The molecule has 1 N–H and O–H groups in total. The van der Waals surface area contributed by atoms with Gasteiger partial charge in [0.15, 0.2) is 0 Å². The summed E-state index contributed by atoms with van der Waals surface area (Å²) >= 11 is 0. The van der Waals surface area contributed by atoms with E-state index in [9.17, 15) is 4.39 Å². The van der Waals surface area contributed by atoms with Gasteiger partial charge in [-0.15, -0.1) is 0 Å². The van der Waals surface area contributed by atoms with Crippen molar-refractivity contribution in [2.75, 3.05) is 13.1 Å². The lowest BCUT2D eigenvalue weighted by atomic mass is 9.75. The van der Waals surface area contributed by atoms with E-state index in [0.717, 1.165) is 25.1 Å². The summed E-state index contributed by atoms with van der Waals surface area (Å²) in [5, 5.41) is 3.47. The number of rotatable bonds is 2. The van der Waals surface area contributed by atoms with Gasteiger partial charge in [-0.2, -0.15) is 0 Å². The summed E-state index contributed by atoms with van der Waals surface area (Å²) in [4.78, 5) is 0. The Bertz CT molecular complexity index is 387. The molecule has 1 fully saturated rings. The molecule has 17 heavy (non-hydrogen) atoms. The largest absolute Gasteiger partial charge is 0.316 e. The first-order valence-corrected chi connectivity index (χ1v) is 6.56. The highest BCUT2D eigenvalue weighted by Gasteiger charge is 2.28. The molecule has 0 saturated carbocycles. The van der Waals surface area contributed by atoms with Crippen molar-refractivity contribution in [2.24, 2.45) is 11.8 Å². The summed E-state index contributed by atoms with van der Waals surface area (Å²) in [6.07, 6.45) is 1.16. The van der Waals surface area contributed by atoms with Crippen LogP contribution in [-0.2, 0) is 0 Å². The minimum Gasteiger partial charge on any atom is -0.316 e. The highest BCUT2D eigenvalue weighted by Crippen LogP contribution is 2.35. The molecular formula is C15H22FN. The Morgan fingerprint density at radius 1 is 1.35 bits per heavy atom. The molecule has 1 saturated heterocycles. The van der Waals surface area contributed by atoms with Gasteiger partial charge in [-0.3, -0.25) is 0 Å². The predicted molar refractivity (Wildman–Crippen MR) is 69.7 cm³/mol. The molecule has 0 bridgehead atoms. The van der Waals surface area contributed by atoms with Gasteiger partial charge in [0.2, 0.25) is 0 Å². The maximum Gasteiger partial charge on any atom is 0.126 e. The first-order valence-electron chi connectivity index (χ1n) is 6.56. The lowest BCUT2D eigenvalue weighted by molar-refractivity contribution is 0.255. The average molecular weight is 235 g/mol. The fourth-order valence-corrected chi connectivity index (χ4v) is 2.90. The molecule has 2 heteroatoms. The molecule has 2 atom stereocenters. The third-order valence-corrected chi connectivity index (χ3v) is 4.00. The van der Waals surface area contributed by atoms with Crippen molar-refractivity contribution in [1.29, 1.82) is 0 Å². The Labute approximate surface area is 103 Å². The molecule has 0 aromatic heterocycles. The Balaban J connectivity index is 2.26. The second-order valence-electron chi connectivity index (χ2n) is 5.52. The molecule has 1 heterocycles. The van der Waals surface area contributed by atoms with Crippen LogP contribution in [0, 0.1) is 24.6 Å². The number of hydrogen-bond acceptors (Lipinski definition) is 1. The Hall–Kier alpha value is -0.890. The van der Waals surface area contributed by atoms with Gasteiger partial charge in [0, 0.05) is 0 Å². The van der Waals surface area contributed by atoms with Crippen molar-refractivity contribution in [1.82, 2.24) is 5.32 Å². The van der Waals surface area contributed by atoms with Crippen LogP contribution in [0.4, 0.5) is 4.39 Å². The van der Waals surface area contributed by atoms with Crippen LogP contribution in [0.15, 0.2) is 18.2 Å². The molecular weight excluding hydrogens is 213 g/mol. The van der Waals surface area contributed by atoms with Crippen LogP contribution in [0.3, 0.4) is 0 Å². The van der Waals surface area contributed by atoms with Crippen LogP contribution < -0.4 is 5.32 Å². The first-order chi connectivity index (χ1) is 8.09. The molecule has 94 valence electrons. The molecule has 0 aliphatic carbocycles. The number of nitrogens with one attached hydrogen (secondary N) is 1. The van der Waals surface area contributed by atoms with E-state index in [1.165, 1.54) is 5.56 Å². The van der Waals surface area contributed by atoms with Crippen molar-refractivity contribution in [3.8, 4) is 0 Å². The quantitative estimate of drug-likeness (QED) is 0.827. The van der Waals surface area contributed by atoms with Crippen LogP contribution in [0.25, 0.3) is 0 Å². The Morgan fingerprint density at radius 2 is 2.12 bits per heavy atom. The monoisotopic (exact) mass is 235 g/mol. The van der Waals surface area contributed by atoms with Gasteiger partial charge in [0.1, 0.15) is 5.82 Å². The van der Waals surface area contributed by atoms with Crippen LogP contribution in [0.5, 0.6) is 0 Å². The smallest absolute Gasteiger partial charge is 0.126 e. The lowest BCUT2D eigenvalue weighted by Crippen LogP contribution is -2.38. The van der Waals surface area contributed by atoms with Crippen LogP contribution in [-0.4, -0.2) is 13.1 Å². The zero-order valence-electron chi connectivity index (χ0n) is 11.0. The van der Waals surface area contributed by atoms with Crippen molar-refractivity contribution >= 4 is 0 Å². The SMILES string of the molecule is Cc1cc(C2CCNCC2C(C)C)ccc1F. The van der Waals surface area contributed by atoms with Crippen molar-refractivity contribution in [3.05, 3.63) is 35.1 Å². The Kier molecular flexibility index (Phi) is 3.82. The van der Waals surface area contributed by atoms with Crippen molar-refractivity contribution < 1.29 is 4.39 Å². The number of hydrogen-bond donors (Lipinski definition) is 1. The third-order valence-electron chi connectivity index (χ3n) is 4.00. The maximum atomic E-state index is 13.3. The molecule has 0 radical (unpaired) electrons. The van der Waals surface area contributed by atoms with Gasteiger partial charge in [0.05, 0.1) is 0 Å². The lowest BCUT2D eigenvalue weighted by Gasteiger charge is -2.35. The fourth-order valence-electron chi connectivity index (χ4n) is 2.90. The molecule has 2 unspecified atom stereocenters. The molecule has 0 amide bonds. The molecule has 1 aromatic carbocycles. The van der Waals surface area contributed by atoms with Gasteiger partial charge < -0.3 is 5.32 Å². The van der Waals surface area contributed by atoms with Gasteiger partial charge in [-0.25, -0.2) is 4.39 Å². The Morgan fingerprint density at radius 3 is 2.76 bits per heavy atom. The van der Waals surface area contributed by atoms with E-state index in [2.05, 4.69) is 19.2 Å². The summed E-state index contributed by atoms with van der Waals surface area (Å²) in [5.41, 5.74) is 2.08. The standard InChI is InChI=1S/C15H22FN/c1-10(2)14-9-17-7-6-13(14)12-4-5-15(16)11(3)8-12/h4-5,8,10,13-14,17H,6-7,9H2,1-3H3. The molecule has 0 spiro atoms. The van der Waals surface area contributed by atoms with E-state index in [0.29, 0.717) is 17.8 Å². The molecule has 1 aliphatic rings. The third kappa shape index (κ3) is 2.68. The highest BCUT2D eigenvalue weighted by atomic mass is 19.1. The van der Waals surface area contributed by atoms with E-state index >= 15 is 0 Å². The number of halogens is 1. The van der Waals surface area contributed by atoms with Gasteiger partial charge in [0.25, 0.3) is 0 Å². The highest BCUT2D eigenvalue weighted by molar-refractivity contribution is 5.28. The van der Waals surface area contributed by atoms with Crippen molar-refractivity contribution in [2.45, 2.75) is 33.1 Å². The van der Waals surface area contributed by atoms with Crippen LogP contribution in [0.1, 0.15) is 37.3 Å². The zero-order chi connectivity index (χ0) is 12.4. The van der Waals surface area contributed by atoms with Crippen LogP contribution in [0.2, 0.25) is 0 Å². The molecule has 1 nitrogen and oxygen atoms in total. The summed E-state index contributed by atoms with van der Waals surface area (Å²) < 4.78 is 13.3. The molecule has 1 aromatic rings. The van der Waals surface area contributed by atoms with Gasteiger partial charge in [-0.05, 0) is 61.4 Å². The van der Waals surface area contributed by atoms with Gasteiger partial charge >= 0.3 is 0 Å². The maximum absolute atomic E-state index is 13.3. The second-order valence-corrected chi connectivity index (χ2v) is 5.52. The average Bonchev–Trinajstić information content (AvgIpc) is 2.32. The second kappa shape index (κ2) is 5.18. The minimum absolute atomic E-state index is 0.0937. The molecule has 1 aliphatic heterocycles. The van der Waals surface area contributed by atoms with E-state index in [4.69, 9.17) is 0 Å². The number of piperidine rings is 1. The predicted octanol–water partition coefficient (Wildman–Crippen LogP) is 3.48. The van der Waals surface area contributed by atoms with Crippen molar-refractivity contribution in [3.63, 3.8) is 0 Å². The number of aryl methyl sites for hydroxylation is 1. The fraction of sp³-hybridized carbons (Fsp3) is 0.600. The minimum atomic E-state index is -0.0937. The van der Waals surface area contributed by atoms with Crippen LogP contribution >= 0.6 is 0 Å². The van der Waals surface area contributed by atoms with E-state index in [-0.39, 0.29) is 5.82 Å². The normalized spacial score (nSPS) is 25.2. The zero-order valence-corrected chi connectivity index (χ0v) is 11.0. The number of benzene rings is 1. The molecule has 2 rings (SSSR count). The van der Waals surface area contributed by atoms with E-state index in [1.807, 2.05) is 19.1 Å². The van der Waals surface area contributed by atoms with E-state index in [1.54, 1.807) is 6.07 Å². The summed E-state index contributed by atoms with van der Waals surface area (Å²) in [5.74, 6) is 1.81. The van der Waals surface area contributed by atoms with Gasteiger partial charge in [-0.1, -0.05) is 26.0 Å². The summed E-state index contributed by atoms with van der Waals surface area (Å²) in [6.45, 7) is 8.56. The topological polar surface area (TPSA) is 12.0 Å². The van der Waals surface area contributed by atoms with E-state index < -0.39 is 0 Å². The summed E-state index contributed by atoms with van der Waals surface area (Å²) in [6, 6.07) is 5.61. The first kappa shape index (κ1) is 12.6.